The summed E-state index contributed by atoms with van der Waals surface area (Å²) in [6.07, 6.45) is 0.897. The molecule has 0 aromatic heterocycles. The van der Waals surface area contributed by atoms with Crippen LogP contribution in [0.25, 0.3) is 0 Å². The Balaban J connectivity index is 3.45. The number of carbonyl (C=O) groups excluding carboxylic acids is 1. The van der Waals surface area contributed by atoms with E-state index >= 15 is 0 Å². The smallest absolute Gasteiger partial charge is 0.178 e. The summed E-state index contributed by atoms with van der Waals surface area (Å²) in [4.78, 5) is 9.80. The van der Waals surface area contributed by atoms with E-state index in [0.717, 1.165) is 6.29 Å². The molecule has 0 saturated carbocycles. The Bertz CT molecular complexity index is 54.3. The first-order valence-corrected chi connectivity index (χ1v) is 4.33. The molecule has 0 bridgehead atoms. The molecule has 4 heteroatoms. The number of hydrogen-bond acceptors (Lipinski definition) is 1. The topological polar surface area (TPSA) is 17.1 Å². The van der Waals surface area contributed by atoms with Crippen LogP contribution in [0, 0.1) is 0 Å². The molecule has 0 atom stereocenters. The predicted molar refractivity (Wildman–Crippen MR) is 50.9 cm³/mol. The number of carbonyl (C=O) groups is 1. The summed E-state index contributed by atoms with van der Waals surface area (Å²) in [5.74, 6) is 0. The fourth-order valence-electron chi connectivity index (χ4n) is 0. The fraction of sp³-hybridized carbons (Fsp3) is 0.500. The van der Waals surface area contributed by atoms with E-state index in [-0.39, 0.29) is -0.565 Å². The minimum Gasteiger partial charge on any atom is -0.300 e. The van der Waals surface area contributed by atoms with Gasteiger partial charge in [-0.05, 0) is 67.8 Å². The molecular weight excluding hydrogens is 421 g/mol. The van der Waals surface area contributed by atoms with E-state index in [2.05, 4.69) is 0 Å². The highest BCUT2D eigenvalue weighted by atomic mass is 127. The maximum absolute atomic E-state index is 9.80. The van der Waals surface area contributed by atoms with Crippen molar-refractivity contribution in [3.63, 3.8) is 0 Å². The summed E-state index contributed by atoms with van der Waals surface area (Å²) in [6.45, 7) is 0. The molecule has 0 unspecified atom stereocenters. The number of aldehydes is 1. The maximum atomic E-state index is 9.80. The molecular formula is C2HI3O. The van der Waals surface area contributed by atoms with E-state index in [4.69, 9.17) is 0 Å². The predicted octanol–water partition coefficient (Wildman–Crippen LogP) is 2.14. The Hall–Kier alpha value is 1.86. The Kier molecular flexibility index (Phi) is 3.93. The van der Waals surface area contributed by atoms with E-state index in [9.17, 15) is 4.79 Å². The largest absolute Gasteiger partial charge is 0.300 e. The van der Waals surface area contributed by atoms with Crippen molar-refractivity contribution in [2.75, 3.05) is 0 Å². The molecule has 0 rings (SSSR count). The van der Waals surface area contributed by atoms with Gasteiger partial charge in [0.05, 0.1) is 0 Å². The van der Waals surface area contributed by atoms with Crippen LogP contribution in [0.15, 0.2) is 0 Å². The molecule has 0 aliphatic heterocycles. The van der Waals surface area contributed by atoms with Gasteiger partial charge in [0.1, 0.15) is 0 Å². The quantitative estimate of drug-likeness (QED) is 0.360. The Morgan fingerprint density at radius 2 is 1.50 bits per heavy atom. The van der Waals surface area contributed by atoms with Crippen LogP contribution in [0.1, 0.15) is 0 Å². The normalized spacial score (nSPS) is 11.2. The van der Waals surface area contributed by atoms with Crippen LogP contribution in [0.5, 0.6) is 0 Å². The molecule has 0 saturated heterocycles. The fourth-order valence-corrected chi connectivity index (χ4v) is 0. The molecule has 0 spiro atoms. The van der Waals surface area contributed by atoms with E-state index in [1.165, 1.54) is 0 Å². The van der Waals surface area contributed by atoms with Gasteiger partial charge in [-0.25, -0.2) is 0 Å². The van der Waals surface area contributed by atoms with E-state index in [1.54, 1.807) is 0 Å². The summed E-state index contributed by atoms with van der Waals surface area (Å²) in [5, 5.41) is 0. The van der Waals surface area contributed by atoms with Gasteiger partial charge in [0.2, 0.25) is 0 Å². The van der Waals surface area contributed by atoms with Gasteiger partial charge in [0.25, 0.3) is 0 Å². The third-order valence-electron chi connectivity index (χ3n) is 0.134. The van der Waals surface area contributed by atoms with Gasteiger partial charge in [-0.3, -0.25) is 0 Å². The molecule has 0 aromatic rings. The summed E-state index contributed by atoms with van der Waals surface area (Å²) in [5.41, 5.74) is 0. The van der Waals surface area contributed by atoms with Crippen molar-refractivity contribution in [3.8, 4) is 0 Å². The molecule has 0 heterocycles. The molecule has 0 fully saturated rings. The van der Waals surface area contributed by atoms with Gasteiger partial charge in [-0.1, -0.05) is 0 Å². The van der Waals surface area contributed by atoms with Crippen LogP contribution < -0.4 is 0 Å². The van der Waals surface area contributed by atoms with Crippen molar-refractivity contribution in [2.45, 2.75) is -0.565 Å². The van der Waals surface area contributed by atoms with Gasteiger partial charge in [0, 0.05) is 0 Å². The van der Waals surface area contributed by atoms with Crippen molar-refractivity contribution in [1.82, 2.24) is 0 Å². The molecule has 1 nitrogen and oxygen atoms in total. The third-order valence-corrected chi connectivity index (χ3v) is 0.896. The third kappa shape index (κ3) is 5.86. The minimum atomic E-state index is -0.229. The van der Waals surface area contributed by atoms with Crippen molar-refractivity contribution in [2.24, 2.45) is 0 Å². The molecule has 6 heavy (non-hydrogen) atoms. The van der Waals surface area contributed by atoms with Gasteiger partial charge in [-0.2, -0.15) is 0 Å². The average Bonchev–Trinajstić information content (AvgIpc) is 1.35. The molecule has 0 radical (unpaired) electrons. The Labute approximate surface area is 77.1 Å². The van der Waals surface area contributed by atoms with Gasteiger partial charge >= 0.3 is 0 Å². The second-order valence-corrected chi connectivity index (χ2v) is 12.0. The highest BCUT2D eigenvalue weighted by Crippen LogP contribution is 2.32. The zero-order valence-electron chi connectivity index (χ0n) is 2.62. The summed E-state index contributed by atoms with van der Waals surface area (Å²) in [7, 11) is 0. The molecule has 36 valence electrons. The molecule has 0 aliphatic carbocycles. The van der Waals surface area contributed by atoms with E-state index in [1.807, 2.05) is 67.8 Å². The SMILES string of the molecule is O=CC(I)(I)I. The first-order chi connectivity index (χ1) is 2.56. The zero-order valence-corrected chi connectivity index (χ0v) is 9.09. The van der Waals surface area contributed by atoms with Crippen molar-refractivity contribution in [1.29, 1.82) is 0 Å². The van der Waals surface area contributed by atoms with Crippen molar-refractivity contribution >= 4 is 74.1 Å². The van der Waals surface area contributed by atoms with Crippen LogP contribution in [0.3, 0.4) is 0 Å². The molecule has 0 N–H and O–H groups in total. The van der Waals surface area contributed by atoms with Gasteiger partial charge in [-0.15, -0.1) is 0 Å². The highest BCUT2D eigenvalue weighted by Gasteiger charge is 2.13. The monoisotopic (exact) mass is 422 g/mol. The summed E-state index contributed by atoms with van der Waals surface area (Å²) >= 11 is 6.14. The minimum absolute atomic E-state index is 0.229. The first kappa shape index (κ1) is 7.86. The Morgan fingerprint density at radius 3 is 1.50 bits per heavy atom. The maximum Gasteiger partial charge on any atom is 0.178 e. The summed E-state index contributed by atoms with van der Waals surface area (Å²) < 4.78 is -0.229. The van der Waals surface area contributed by atoms with Crippen LogP contribution in [-0.4, -0.2) is 5.72 Å². The van der Waals surface area contributed by atoms with Crippen LogP contribution in [0.4, 0.5) is 0 Å². The van der Waals surface area contributed by atoms with Gasteiger partial charge < -0.3 is 4.79 Å². The van der Waals surface area contributed by atoms with Crippen molar-refractivity contribution < 1.29 is 4.79 Å². The standard InChI is InChI=1S/C2HI3O/c3-2(4,5)1-6/h1H. The number of hydrogen-bond donors (Lipinski definition) is 0. The van der Waals surface area contributed by atoms with E-state index in [0.29, 0.717) is 0 Å². The lowest BCUT2D eigenvalue weighted by Gasteiger charge is -1.95. The van der Waals surface area contributed by atoms with Gasteiger partial charge in [0.15, 0.2) is 5.72 Å². The zero-order chi connectivity index (χ0) is 5.21. The molecule has 0 aromatic carbocycles. The Morgan fingerprint density at radius 1 is 1.33 bits per heavy atom. The van der Waals surface area contributed by atoms with Crippen LogP contribution >= 0.6 is 67.8 Å². The lowest BCUT2D eigenvalue weighted by atomic mass is 10.9. The van der Waals surface area contributed by atoms with Crippen LogP contribution in [-0.2, 0) is 4.79 Å². The first-order valence-electron chi connectivity index (χ1n) is 1.09. The highest BCUT2D eigenvalue weighted by molar-refractivity contribution is 14.3. The second kappa shape index (κ2) is 3.00. The number of rotatable bonds is 1. The average molecular weight is 422 g/mol. The van der Waals surface area contributed by atoms with Crippen LogP contribution in [0.2, 0.25) is 0 Å². The summed E-state index contributed by atoms with van der Waals surface area (Å²) in [6, 6.07) is 0. The lowest BCUT2D eigenvalue weighted by molar-refractivity contribution is -0.106. The second-order valence-electron chi connectivity index (χ2n) is 0.659. The molecule has 0 amide bonds. The lowest BCUT2D eigenvalue weighted by Crippen LogP contribution is -1.96. The molecule has 0 aliphatic rings. The number of alkyl halides is 3. The van der Waals surface area contributed by atoms with E-state index < -0.39 is 0 Å². The number of halogens is 3. The van der Waals surface area contributed by atoms with Crippen molar-refractivity contribution in [3.05, 3.63) is 0 Å².